The Hall–Kier alpha value is -0.610. The van der Waals surface area contributed by atoms with Crippen LogP contribution in [0.2, 0.25) is 5.15 Å². The van der Waals surface area contributed by atoms with Crippen LogP contribution in [0.25, 0.3) is 11.0 Å². The minimum Gasteiger partial charge on any atom is -0.328 e. The summed E-state index contributed by atoms with van der Waals surface area (Å²) in [5.74, 6) is 0.816. The summed E-state index contributed by atoms with van der Waals surface area (Å²) in [6.07, 6.45) is 5.18. The van der Waals surface area contributed by atoms with Crippen LogP contribution in [-0.2, 0) is 13.0 Å². The highest BCUT2D eigenvalue weighted by atomic mass is 79.9. The zero-order valence-electron chi connectivity index (χ0n) is 9.58. The molecule has 0 bridgehead atoms. The summed E-state index contributed by atoms with van der Waals surface area (Å²) < 4.78 is 3.35. The van der Waals surface area contributed by atoms with Crippen molar-refractivity contribution in [2.45, 2.75) is 32.7 Å². The molecule has 5 heteroatoms. The summed E-state index contributed by atoms with van der Waals surface area (Å²) in [5.41, 5.74) is 2.23. The smallest absolute Gasteiger partial charge is 0.146 e. The molecule has 0 saturated heterocycles. The first-order valence-corrected chi connectivity index (χ1v) is 7.06. The lowest BCUT2D eigenvalue weighted by Crippen LogP contribution is -2.05. The van der Waals surface area contributed by atoms with E-state index >= 15 is 0 Å². The SMILES string of the molecule is CCc1c(Br)c2c(Cl)ncnc2n1CC1CC1. The van der Waals surface area contributed by atoms with E-state index < -0.39 is 0 Å². The molecular formula is C12H13BrClN3. The minimum atomic E-state index is 0.533. The van der Waals surface area contributed by atoms with Gasteiger partial charge in [0.2, 0.25) is 0 Å². The summed E-state index contributed by atoms with van der Waals surface area (Å²) >= 11 is 9.80. The van der Waals surface area contributed by atoms with Crippen LogP contribution in [0, 0.1) is 5.92 Å². The number of hydrogen-bond donors (Lipinski definition) is 0. The molecule has 1 fully saturated rings. The van der Waals surface area contributed by atoms with Crippen LogP contribution >= 0.6 is 27.5 Å². The summed E-state index contributed by atoms with van der Waals surface area (Å²) in [6.45, 7) is 3.21. The zero-order chi connectivity index (χ0) is 12.0. The first-order valence-electron chi connectivity index (χ1n) is 5.89. The summed E-state index contributed by atoms with van der Waals surface area (Å²) in [6, 6.07) is 0. The van der Waals surface area contributed by atoms with Gasteiger partial charge in [0.15, 0.2) is 0 Å². The predicted octanol–water partition coefficient (Wildman–Crippen LogP) is 3.82. The van der Waals surface area contributed by atoms with Crippen molar-refractivity contribution >= 4 is 38.6 Å². The Labute approximate surface area is 113 Å². The molecule has 0 unspecified atom stereocenters. The Morgan fingerprint density at radius 2 is 2.24 bits per heavy atom. The number of fused-ring (bicyclic) bond motifs is 1. The van der Waals surface area contributed by atoms with Crippen molar-refractivity contribution in [2.75, 3.05) is 0 Å². The Morgan fingerprint density at radius 1 is 1.47 bits per heavy atom. The van der Waals surface area contributed by atoms with Crippen molar-refractivity contribution in [2.24, 2.45) is 5.92 Å². The molecule has 90 valence electrons. The lowest BCUT2D eigenvalue weighted by molar-refractivity contribution is 0.617. The van der Waals surface area contributed by atoms with E-state index in [1.807, 2.05) is 0 Å². The molecule has 17 heavy (non-hydrogen) atoms. The van der Waals surface area contributed by atoms with E-state index in [1.54, 1.807) is 6.33 Å². The van der Waals surface area contributed by atoms with Gasteiger partial charge in [-0.15, -0.1) is 0 Å². The van der Waals surface area contributed by atoms with Crippen molar-refractivity contribution < 1.29 is 0 Å². The largest absolute Gasteiger partial charge is 0.328 e. The number of rotatable bonds is 3. The normalized spacial score (nSPS) is 15.7. The van der Waals surface area contributed by atoms with E-state index in [2.05, 4.69) is 37.4 Å². The molecular weight excluding hydrogens is 302 g/mol. The molecule has 0 aromatic carbocycles. The average Bonchev–Trinajstić information content (AvgIpc) is 3.07. The zero-order valence-corrected chi connectivity index (χ0v) is 11.9. The maximum Gasteiger partial charge on any atom is 0.146 e. The van der Waals surface area contributed by atoms with E-state index in [0.29, 0.717) is 5.15 Å². The molecule has 2 aromatic rings. The topological polar surface area (TPSA) is 30.7 Å². The van der Waals surface area contributed by atoms with Crippen molar-refractivity contribution in [1.82, 2.24) is 14.5 Å². The summed E-state index contributed by atoms with van der Waals surface area (Å²) in [7, 11) is 0. The van der Waals surface area contributed by atoms with Gasteiger partial charge in [0, 0.05) is 12.2 Å². The molecule has 3 rings (SSSR count). The molecule has 3 nitrogen and oxygen atoms in total. The minimum absolute atomic E-state index is 0.533. The van der Waals surface area contributed by atoms with Crippen LogP contribution in [0.5, 0.6) is 0 Å². The van der Waals surface area contributed by atoms with Crippen molar-refractivity contribution in [3.05, 3.63) is 21.6 Å². The predicted molar refractivity (Wildman–Crippen MR) is 72.3 cm³/mol. The highest BCUT2D eigenvalue weighted by molar-refractivity contribution is 9.10. The first-order chi connectivity index (χ1) is 8.22. The van der Waals surface area contributed by atoms with Gasteiger partial charge in [-0.25, -0.2) is 9.97 Å². The Bertz CT molecular complexity index is 575. The van der Waals surface area contributed by atoms with Gasteiger partial charge in [-0.1, -0.05) is 18.5 Å². The van der Waals surface area contributed by atoms with Crippen molar-refractivity contribution in [3.8, 4) is 0 Å². The monoisotopic (exact) mass is 313 g/mol. The molecule has 1 saturated carbocycles. The molecule has 0 spiro atoms. The van der Waals surface area contributed by atoms with Gasteiger partial charge in [-0.05, 0) is 41.1 Å². The second-order valence-corrected chi connectivity index (χ2v) is 5.68. The van der Waals surface area contributed by atoms with Gasteiger partial charge in [-0.2, -0.15) is 0 Å². The number of halogens is 2. The van der Waals surface area contributed by atoms with Crippen LogP contribution in [0.3, 0.4) is 0 Å². The lowest BCUT2D eigenvalue weighted by atomic mass is 10.3. The standard InChI is InChI=1S/C12H13BrClN3/c1-2-8-10(13)9-11(14)15-6-16-12(9)17(8)5-7-3-4-7/h6-7H,2-5H2,1H3. The van der Waals surface area contributed by atoms with E-state index in [9.17, 15) is 0 Å². The molecule has 1 aliphatic rings. The molecule has 0 amide bonds. The third-order valence-corrected chi connectivity index (χ3v) is 4.45. The van der Waals surface area contributed by atoms with Crippen molar-refractivity contribution in [3.63, 3.8) is 0 Å². The van der Waals surface area contributed by atoms with Crippen LogP contribution < -0.4 is 0 Å². The van der Waals surface area contributed by atoms with Gasteiger partial charge in [-0.3, -0.25) is 0 Å². The van der Waals surface area contributed by atoms with Crippen LogP contribution in [-0.4, -0.2) is 14.5 Å². The number of nitrogens with zero attached hydrogens (tertiary/aromatic N) is 3. The Kier molecular flexibility index (Phi) is 2.87. The molecule has 0 atom stereocenters. The lowest BCUT2D eigenvalue weighted by Gasteiger charge is -2.07. The Morgan fingerprint density at radius 3 is 2.88 bits per heavy atom. The average molecular weight is 315 g/mol. The second kappa shape index (κ2) is 4.25. The summed E-state index contributed by atoms with van der Waals surface area (Å²) in [4.78, 5) is 8.45. The quantitative estimate of drug-likeness (QED) is 0.806. The van der Waals surface area contributed by atoms with E-state index in [4.69, 9.17) is 11.6 Å². The van der Waals surface area contributed by atoms with Gasteiger partial charge < -0.3 is 4.57 Å². The van der Waals surface area contributed by atoms with Crippen LogP contribution in [0.15, 0.2) is 10.8 Å². The van der Waals surface area contributed by atoms with Gasteiger partial charge >= 0.3 is 0 Å². The van der Waals surface area contributed by atoms with Crippen LogP contribution in [0.1, 0.15) is 25.5 Å². The number of hydrogen-bond acceptors (Lipinski definition) is 2. The fourth-order valence-corrected chi connectivity index (χ4v) is 3.44. The summed E-state index contributed by atoms with van der Waals surface area (Å²) in [5, 5.41) is 1.48. The molecule has 0 aliphatic heterocycles. The molecule has 0 radical (unpaired) electrons. The van der Waals surface area contributed by atoms with Gasteiger partial charge in [0.05, 0.1) is 9.86 Å². The Balaban J connectivity index is 2.25. The molecule has 2 aromatic heterocycles. The third kappa shape index (κ3) is 1.87. The molecule has 0 N–H and O–H groups in total. The fraction of sp³-hybridized carbons (Fsp3) is 0.500. The molecule has 1 aliphatic carbocycles. The fourth-order valence-electron chi connectivity index (χ4n) is 2.24. The maximum atomic E-state index is 6.16. The highest BCUT2D eigenvalue weighted by Crippen LogP contribution is 2.38. The van der Waals surface area contributed by atoms with E-state index in [0.717, 1.165) is 34.4 Å². The van der Waals surface area contributed by atoms with Gasteiger partial charge in [0.25, 0.3) is 0 Å². The van der Waals surface area contributed by atoms with Gasteiger partial charge in [0.1, 0.15) is 17.1 Å². The van der Waals surface area contributed by atoms with Crippen LogP contribution in [0.4, 0.5) is 0 Å². The molecule has 2 heterocycles. The van der Waals surface area contributed by atoms with E-state index in [1.165, 1.54) is 18.5 Å². The maximum absolute atomic E-state index is 6.16. The van der Waals surface area contributed by atoms with E-state index in [-0.39, 0.29) is 0 Å². The highest BCUT2D eigenvalue weighted by Gasteiger charge is 2.26. The number of aromatic nitrogens is 3. The third-order valence-electron chi connectivity index (χ3n) is 3.31. The van der Waals surface area contributed by atoms with Crippen molar-refractivity contribution in [1.29, 1.82) is 0 Å². The first kappa shape index (κ1) is 11.5. The second-order valence-electron chi connectivity index (χ2n) is 4.53.